The first-order valence-electron chi connectivity index (χ1n) is 8.96. The molecule has 0 amide bonds. The van der Waals surface area contributed by atoms with E-state index >= 15 is 0 Å². The number of hydrogen-bond acceptors (Lipinski definition) is 1. The molecule has 0 bridgehead atoms. The third kappa shape index (κ3) is 4.47. The lowest BCUT2D eigenvalue weighted by atomic mass is 9.78. The average Bonchev–Trinajstić information content (AvgIpc) is 2.46. The van der Waals surface area contributed by atoms with Gasteiger partial charge < -0.3 is 0 Å². The van der Waals surface area contributed by atoms with Crippen LogP contribution in [0.3, 0.4) is 0 Å². The number of nitrogens with zero attached hydrogens (tertiary/aromatic N) is 1. The molecule has 0 unspecified atom stereocenters. The standard InChI is InChI=1S/C23H33N/c1-21(2,3)17-9-11-18(12-10-17)23(7,8)15-20-14-13-19(16-24-20)22(4,5)6/h9-14,16H,15H2,1-8H3. The monoisotopic (exact) mass is 323 g/mol. The van der Waals surface area contributed by atoms with E-state index in [4.69, 9.17) is 4.98 Å². The molecule has 1 aromatic heterocycles. The van der Waals surface area contributed by atoms with Gasteiger partial charge >= 0.3 is 0 Å². The highest BCUT2D eigenvalue weighted by atomic mass is 14.7. The summed E-state index contributed by atoms with van der Waals surface area (Å²) < 4.78 is 0. The molecule has 1 heteroatoms. The summed E-state index contributed by atoms with van der Waals surface area (Å²) in [5, 5.41) is 0. The number of benzene rings is 1. The second-order valence-electron chi connectivity index (χ2n) is 9.68. The van der Waals surface area contributed by atoms with Gasteiger partial charge in [0.25, 0.3) is 0 Å². The van der Waals surface area contributed by atoms with Gasteiger partial charge in [-0.2, -0.15) is 0 Å². The van der Waals surface area contributed by atoms with Crippen LogP contribution in [0.5, 0.6) is 0 Å². The first kappa shape index (κ1) is 18.7. The third-order valence-electron chi connectivity index (χ3n) is 4.85. The summed E-state index contributed by atoms with van der Waals surface area (Å²) in [5.41, 5.74) is 5.64. The van der Waals surface area contributed by atoms with Crippen molar-refractivity contribution in [2.45, 2.75) is 78.1 Å². The number of hydrogen-bond donors (Lipinski definition) is 0. The van der Waals surface area contributed by atoms with Gasteiger partial charge in [0.15, 0.2) is 0 Å². The van der Waals surface area contributed by atoms with Crippen LogP contribution in [0.1, 0.15) is 77.8 Å². The van der Waals surface area contributed by atoms with Crippen LogP contribution in [0.25, 0.3) is 0 Å². The van der Waals surface area contributed by atoms with Crippen molar-refractivity contribution >= 4 is 0 Å². The zero-order chi connectivity index (χ0) is 18.2. The van der Waals surface area contributed by atoms with Gasteiger partial charge in [-0.3, -0.25) is 4.98 Å². The van der Waals surface area contributed by atoms with Gasteiger partial charge in [-0.1, -0.05) is 85.7 Å². The molecule has 1 heterocycles. The van der Waals surface area contributed by atoms with Gasteiger partial charge in [0, 0.05) is 11.9 Å². The topological polar surface area (TPSA) is 12.9 Å². The van der Waals surface area contributed by atoms with Crippen molar-refractivity contribution in [3.05, 3.63) is 65.0 Å². The van der Waals surface area contributed by atoms with Gasteiger partial charge in [0.1, 0.15) is 0 Å². The first-order valence-corrected chi connectivity index (χ1v) is 8.96. The van der Waals surface area contributed by atoms with Crippen LogP contribution in [0, 0.1) is 0 Å². The van der Waals surface area contributed by atoms with Crippen molar-refractivity contribution < 1.29 is 0 Å². The van der Waals surface area contributed by atoms with Crippen LogP contribution in [-0.2, 0) is 22.7 Å². The van der Waals surface area contributed by atoms with Gasteiger partial charge in [0.2, 0.25) is 0 Å². The highest BCUT2D eigenvalue weighted by molar-refractivity contribution is 5.33. The molecule has 0 aliphatic rings. The summed E-state index contributed by atoms with van der Waals surface area (Å²) >= 11 is 0. The average molecular weight is 324 g/mol. The zero-order valence-corrected chi connectivity index (χ0v) is 16.7. The van der Waals surface area contributed by atoms with Gasteiger partial charge in [-0.15, -0.1) is 0 Å². The van der Waals surface area contributed by atoms with E-state index in [2.05, 4.69) is 91.8 Å². The predicted octanol–water partition coefficient (Wildman–Crippen LogP) is 6.20. The van der Waals surface area contributed by atoms with Gasteiger partial charge in [-0.25, -0.2) is 0 Å². The minimum absolute atomic E-state index is 0.0761. The maximum atomic E-state index is 4.71. The first-order chi connectivity index (χ1) is 10.9. The molecule has 0 saturated carbocycles. The summed E-state index contributed by atoms with van der Waals surface area (Å²) in [6, 6.07) is 13.5. The smallest absolute Gasteiger partial charge is 0.0412 e. The van der Waals surface area contributed by atoms with Gasteiger partial charge in [-0.05, 0) is 45.4 Å². The Morgan fingerprint density at radius 2 is 1.08 bits per heavy atom. The second kappa shape index (κ2) is 6.35. The van der Waals surface area contributed by atoms with Crippen molar-refractivity contribution in [1.82, 2.24) is 4.98 Å². The second-order valence-corrected chi connectivity index (χ2v) is 9.68. The maximum absolute atomic E-state index is 4.71. The van der Waals surface area contributed by atoms with E-state index in [9.17, 15) is 0 Å². The molecule has 0 aliphatic carbocycles. The van der Waals surface area contributed by atoms with Crippen molar-refractivity contribution in [3.63, 3.8) is 0 Å². The largest absolute Gasteiger partial charge is 0.261 e. The molecular formula is C23H33N. The Bertz CT molecular complexity index is 662. The molecule has 1 nitrogen and oxygen atoms in total. The fourth-order valence-corrected chi connectivity index (χ4v) is 2.95. The Morgan fingerprint density at radius 3 is 1.50 bits per heavy atom. The summed E-state index contributed by atoms with van der Waals surface area (Å²) in [5.74, 6) is 0. The fraction of sp³-hybridized carbons (Fsp3) is 0.522. The molecule has 2 aromatic rings. The summed E-state index contributed by atoms with van der Waals surface area (Å²) in [4.78, 5) is 4.71. The van der Waals surface area contributed by atoms with Crippen LogP contribution in [0.4, 0.5) is 0 Å². The SMILES string of the molecule is CC(C)(C)c1ccc(C(C)(C)Cc2ccc(C(C)(C)C)cn2)cc1. The molecule has 1 aromatic carbocycles. The summed E-state index contributed by atoms with van der Waals surface area (Å²) in [6.07, 6.45) is 2.99. The molecule has 0 saturated heterocycles. The molecule has 0 radical (unpaired) electrons. The van der Waals surface area contributed by atoms with Gasteiger partial charge in [0.05, 0.1) is 0 Å². The van der Waals surface area contributed by atoms with Crippen molar-refractivity contribution in [2.75, 3.05) is 0 Å². The summed E-state index contributed by atoms with van der Waals surface area (Å²) in [7, 11) is 0. The van der Waals surface area contributed by atoms with E-state index in [0.717, 1.165) is 12.1 Å². The van der Waals surface area contributed by atoms with Crippen LogP contribution in [0.15, 0.2) is 42.6 Å². The molecule has 0 N–H and O–H groups in total. The van der Waals surface area contributed by atoms with Crippen LogP contribution in [-0.4, -0.2) is 4.98 Å². The molecule has 0 aliphatic heterocycles. The lowest BCUT2D eigenvalue weighted by Crippen LogP contribution is -2.22. The molecular weight excluding hydrogens is 290 g/mol. The minimum Gasteiger partial charge on any atom is -0.261 e. The molecule has 24 heavy (non-hydrogen) atoms. The van der Waals surface area contributed by atoms with E-state index < -0.39 is 0 Å². The Labute approximate surface area is 148 Å². The minimum atomic E-state index is 0.0761. The Balaban J connectivity index is 2.18. The molecule has 0 atom stereocenters. The maximum Gasteiger partial charge on any atom is 0.0412 e. The highest BCUT2D eigenvalue weighted by Gasteiger charge is 2.23. The highest BCUT2D eigenvalue weighted by Crippen LogP contribution is 2.30. The van der Waals surface area contributed by atoms with E-state index in [-0.39, 0.29) is 16.2 Å². The number of rotatable bonds is 3. The molecule has 0 spiro atoms. The van der Waals surface area contributed by atoms with Crippen LogP contribution >= 0.6 is 0 Å². The van der Waals surface area contributed by atoms with Crippen LogP contribution in [0.2, 0.25) is 0 Å². The van der Waals surface area contributed by atoms with E-state index in [1.807, 2.05) is 6.20 Å². The lowest BCUT2D eigenvalue weighted by molar-refractivity contribution is 0.512. The quantitative estimate of drug-likeness (QED) is 0.655. The van der Waals surface area contributed by atoms with Crippen LogP contribution < -0.4 is 0 Å². The lowest BCUT2D eigenvalue weighted by Gasteiger charge is -2.27. The Morgan fingerprint density at radius 1 is 0.625 bits per heavy atom. The Hall–Kier alpha value is -1.63. The Kier molecular flexibility index (Phi) is 4.95. The zero-order valence-electron chi connectivity index (χ0n) is 16.7. The normalized spacial score (nSPS) is 13.2. The van der Waals surface area contributed by atoms with E-state index in [0.29, 0.717) is 0 Å². The predicted molar refractivity (Wildman–Crippen MR) is 105 cm³/mol. The fourth-order valence-electron chi connectivity index (χ4n) is 2.95. The molecule has 130 valence electrons. The van der Waals surface area contributed by atoms with Crippen molar-refractivity contribution in [1.29, 1.82) is 0 Å². The number of pyridine rings is 1. The van der Waals surface area contributed by atoms with E-state index in [1.165, 1.54) is 16.7 Å². The van der Waals surface area contributed by atoms with Crippen molar-refractivity contribution in [2.24, 2.45) is 0 Å². The number of aromatic nitrogens is 1. The van der Waals surface area contributed by atoms with Crippen molar-refractivity contribution in [3.8, 4) is 0 Å². The van der Waals surface area contributed by atoms with E-state index in [1.54, 1.807) is 0 Å². The third-order valence-corrected chi connectivity index (χ3v) is 4.85. The summed E-state index contributed by atoms with van der Waals surface area (Å²) in [6.45, 7) is 18.1. The molecule has 0 fully saturated rings. The molecule has 2 rings (SSSR count).